The number of anilines is 3. The van der Waals surface area contributed by atoms with Gasteiger partial charge in [-0.2, -0.15) is 0 Å². The number of carbonyl (C=O) groups is 1. The number of hydrogen-bond acceptors (Lipinski definition) is 8. The summed E-state index contributed by atoms with van der Waals surface area (Å²) in [6.07, 6.45) is 2.37. The minimum absolute atomic E-state index is 0.0672. The van der Waals surface area contributed by atoms with Crippen molar-refractivity contribution in [2.24, 2.45) is 5.73 Å². The van der Waals surface area contributed by atoms with E-state index in [1.54, 1.807) is 31.2 Å². The van der Waals surface area contributed by atoms with Gasteiger partial charge in [-0.05, 0) is 62.8 Å². The van der Waals surface area contributed by atoms with Gasteiger partial charge < -0.3 is 31.0 Å². The number of nitrogens with two attached hydrogens (primary N) is 1. The molecule has 1 saturated heterocycles. The van der Waals surface area contributed by atoms with E-state index in [1.165, 1.54) is 25.0 Å². The summed E-state index contributed by atoms with van der Waals surface area (Å²) >= 11 is 5.45. The van der Waals surface area contributed by atoms with E-state index in [0.717, 1.165) is 19.6 Å². The minimum Gasteiger partial charge on any atom is -0.422 e. The molecular weight excluding hydrogens is 484 g/mol. The fourth-order valence-corrected chi connectivity index (χ4v) is 4.50. The van der Waals surface area contributed by atoms with Crippen LogP contribution in [0.25, 0.3) is 11.0 Å². The van der Waals surface area contributed by atoms with E-state index in [0.29, 0.717) is 40.1 Å². The molecule has 1 aliphatic rings. The van der Waals surface area contributed by atoms with Crippen LogP contribution >= 0.6 is 12.2 Å². The number of nitro benzene ring substituents is 1. The standard InChI is InChI=1S/C24H26N6O5S/c1-14-17-12-19(28-24(36)27-15-5-4-6-16(11-15)30(33)34)18(26-7-10-29-8-2-3-9-29)13-20(17)35-23(32)21(14)22(25)31/h4-6,11-13,26H,2-3,7-10H2,1H3,(H2,25,31)(H2,27,28,36). The second-order valence-corrected chi connectivity index (χ2v) is 8.92. The van der Waals surface area contributed by atoms with Crippen molar-refractivity contribution >= 4 is 57.0 Å². The molecule has 0 bridgehead atoms. The molecule has 4 rings (SSSR count). The van der Waals surface area contributed by atoms with Crippen molar-refractivity contribution in [2.45, 2.75) is 19.8 Å². The molecule has 0 atom stereocenters. The molecule has 5 N–H and O–H groups in total. The highest BCUT2D eigenvalue weighted by atomic mass is 32.1. The molecule has 1 aromatic heterocycles. The summed E-state index contributed by atoms with van der Waals surface area (Å²) in [5, 5.41) is 21.2. The molecule has 0 spiro atoms. The zero-order valence-electron chi connectivity index (χ0n) is 19.6. The summed E-state index contributed by atoms with van der Waals surface area (Å²) in [5.41, 5.74) is 6.68. The molecule has 1 fully saturated rings. The monoisotopic (exact) mass is 510 g/mol. The zero-order valence-corrected chi connectivity index (χ0v) is 20.4. The fourth-order valence-electron chi connectivity index (χ4n) is 4.27. The van der Waals surface area contributed by atoms with Crippen LogP contribution in [0.5, 0.6) is 0 Å². The van der Waals surface area contributed by atoms with Crippen LogP contribution in [0, 0.1) is 17.0 Å². The Morgan fingerprint density at radius 1 is 1.19 bits per heavy atom. The van der Waals surface area contributed by atoms with Crippen molar-refractivity contribution in [3.8, 4) is 0 Å². The number of primary amides is 1. The molecule has 0 unspecified atom stereocenters. The first-order valence-electron chi connectivity index (χ1n) is 11.4. The highest BCUT2D eigenvalue weighted by molar-refractivity contribution is 7.80. The van der Waals surface area contributed by atoms with Crippen molar-refractivity contribution in [3.05, 3.63) is 68.1 Å². The van der Waals surface area contributed by atoms with E-state index in [9.17, 15) is 19.7 Å². The number of aryl methyl sites for hydroxylation is 1. The number of nitrogens with one attached hydrogen (secondary N) is 3. The van der Waals surface area contributed by atoms with Gasteiger partial charge in [-0.1, -0.05) is 6.07 Å². The number of benzene rings is 2. The number of amides is 1. The third-order valence-corrected chi connectivity index (χ3v) is 6.26. The summed E-state index contributed by atoms with van der Waals surface area (Å²) in [6.45, 7) is 5.24. The quantitative estimate of drug-likeness (QED) is 0.153. The molecule has 2 aromatic carbocycles. The Bertz CT molecular complexity index is 1400. The lowest BCUT2D eigenvalue weighted by Gasteiger charge is -2.19. The first-order valence-corrected chi connectivity index (χ1v) is 11.8. The second-order valence-electron chi connectivity index (χ2n) is 8.51. The lowest BCUT2D eigenvalue weighted by Crippen LogP contribution is -2.26. The number of fused-ring (bicyclic) bond motifs is 1. The van der Waals surface area contributed by atoms with Crippen molar-refractivity contribution < 1.29 is 14.1 Å². The largest absolute Gasteiger partial charge is 0.422 e. The first-order chi connectivity index (χ1) is 17.2. The fraction of sp³-hybridized carbons (Fsp3) is 0.292. The van der Waals surface area contributed by atoms with Crippen LogP contribution in [-0.2, 0) is 0 Å². The highest BCUT2D eigenvalue weighted by Gasteiger charge is 2.19. The average molecular weight is 511 g/mol. The summed E-state index contributed by atoms with van der Waals surface area (Å²) in [5.74, 6) is -0.867. The molecule has 2 heterocycles. The Morgan fingerprint density at radius 2 is 1.94 bits per heavy atom. The topological polar surface area (TPSA) is 156 Å². The maximum absolute atomic E-state index is 12.3. The maximum atomic E-state index is 12.3. The Labute approximate surface area is 211 Å². The predicted octanol–water partition coefficient (Wildman–Crippen LogP) is 3.43. The normalized spacial score (nSPS) is 13.5. The van der Waals surface area contributed by atoms with Gasteiger partial charge in [0, 0.05) is 42.4 Å². The number of nitrogens with zero attached hydrogens (tertiary/aromatic N) is 2. The van der Waals surface area contributed by atoms with Gasteiger partial charge in [-0.25, -0.2) is 4.79 Å². The zero-order chi connectivity index (χ0) is 25.8. The van der Waals surface area contributed by atoms with E-state index in [4.69, 9.17) is 22.4 Å². The number of nitro groups is 1. The van der Waals surface area contributed by atoms with Gasteiger partial charge in [-0.15, -0.1) is 0 Å². The molecule has 3 aromatic rings. The number of thiocarbonyl (C=S) groups is 1. The van der Waals surface area contributed by atoms with Crippen LogP contribution in [0.15, 0.2) is 45.6 Å². The van der Waals surface area contributed by atoms with Crippen LogP contribution in [0.4, 0.5) is 22.7 Å². The summed E-state index contributed by atoms with van der Waals surface area (Å²) in [6, 6.07) is 9.38. The number of likely N-dealkylation sites (tertiary alicyclic amines) is 1. The van der Waals surface area contributed by atoms with Crippen molar-refractivity contribution in [3.63, 3.8) is 0 Å². The number of hydrogen-bond donors (Lipinski definition) is 4. The number of non-ortho nitro benzene ring substituents is 1. The van der Waals surface area contributed by atoms with Crippen LogP contribution in [0.3, 0.4) is 0 Å². The van der Waals surface area contributed by atoms with E-state index in [-0.39, 0.29) is 16.4 Å². The molecule has 12 heteroatoms. The Kier molecular flexibility index (Phi) is 7.46. The van der Waals surface area contributed by atoms with Gasteiger partial charge in [0.1, 0.15) is 11.1 Å². The van der Waals surface area contributed by atoms with E-state index in [1.807, 2.05) is 0 Å². The first kappa shape index (κ1) is 25.1. The molecule has 0 aliphatic carbocycles. The third-order valence-electron chi connectivity index (χ3n) is 6.06. The van der Waals surface area contributed by atoms with E-state index >= 15 is 0 Å². The lowest BCUT2D eigenvalue weighted by molar-refractivity contribution is -0.384. The molecule has 188 valence electrons. The van der Waals surface area contributed by atoms with Crippen LogP contribution in [0.1, 0.15) is 28.8 Å². The molecule has 0 radical (unpaired) electrons. The van der Waals surface area contributed by atoms with Crippen molar-refractivity contribution in [2.75, 3.05) is 42.1 Å². The second kappa shape index (κ2) is 10.7. The van der Waals surface area contributed by atoms with Gasteiger partial charge in [0.05, 0.1) is 16.3 Å². The molecule has 36 heavy (non-hydrogen) atoms. The Morgan fingerprint density at radius 3 is 2.64 bits per heavy atom. The summed E-state index contributed by atoms with van der Waals surface area (Å²) in [4.78, 5) is 37.1. The van der Waals surface area contributed by atoms with Crippen molar-refractivity contribution in [1.29, 1.82) is 0 Å². The summed E-state index contributed by atoms with van der Waals surface area (Å²) in [7, 11) is 0. The Hall–Kier alpha value is -4.03. The van der Waals surface area contributed by atoms with Crippen LogP contribution in [0.2, 0.25) is 0 Å². The summed E-state index contributed by atoms with van der Waals surface area (Å²) < 4.78 is 5.40. The van der Waals surface area contributed by atoms with E-state index < -0.39 is 16.5 Å². The Balaban J connectivity index is 1.64. The van der Waals surface area contributed by atoms with Crippen molar-refractivity contribution in [1.82, 2.24) is 4.90 Å². The average Bonchev–Trinajstić information content (AvgIpc) is 3.33. The molecule has 11 nitrogen and oxygen atoms in total. The maximum Gasteiger partial charge on any atom is 0.349 e. The molecular formula is C24H26N6O5S. The van der Waals surface area contributed by atoms with Gasteiger partial charge in [0.15, 0.2) is 5.11 Å². The predicted molar refractivity (Wildman–Crippen MR) is 143 cm³/mol. The van der Waals surface area contributed by atoms with Gasteiger partial charge in [0.25, 0.3) is 11.6 Å². The molecule has 1 aliphatic heterocycles. The third kappa shape index (κ3) is 5.61. The minimum atomic E-state index is -0.867. The van der Waals surface area contributed by atoms with Crippen LogP contribution < -0.4 is 27.3 Å². The number of rotatable bonds is 8. The smallest absolute Gasteiger partial charge is 0.349 e. The van der Waals surface area contributed by atoms with Gasteiger partial charge in [-0.3, -0.25) is 14.9 Å². The number of carbonyl (C=O) groups excluding carboxylic acids is 1. The van der Waals surface area contributed by atoms with E-state index in [2.05, 4.69) is 20.9 Å². The van der Waals surface area contributed by atoms with Gasteiger partial charge >= 0.3 is 5.63 Å². The SMILES string of the molecule is Cc1c(C(N)=O)c(=O)oc2cc(NCCN3CCCC3)c(NC(=S)Nc3cccc([N+](=O)[O-])c3)cc12. The van der Waals surface area contributed by atoms with Crippen LogP contribution in [-0.4, -0.2) is 47.0 Å². The molecule has 1 amide bonds. The molecule has 0 saturated carbocycles. The lowest BCUT2D eigenvalue weighted by atomic mass is 10.0. The highest BCUT2D eigenvalue weighted by Crippen LogP contribution is 2.31. The van der Waals surface area contributed by atoms with Gasteiger partial charge in [0.2, 0.25) is 0 Å².